The first-order valence-corrected chi connectivity index (χ1v) is 9.12. The van der Waals surface area contributed by atoms with Crippen molar-refractivity contribution in [2.24, 2.45) is 5.73 Å². The van der Waals surface area contributed by atoms with Gasteiger partial charge in [0.2, 0.25) is 0 Å². The second-order valence-corrected chi connectivity index (χ2v) is 6.86. The summed E-state index contributed by atoms with van der Waals surface area (Å²) in [5.74, 6) is -0.550. The number of urea groups is 1. The van der Waals surface area contributed by atoms with E-state index in [2.05, 4.69) is 15.7 Å². The molecule has 8 heteroatoms. The highest BCUT2D eigenvalue weighted by atomic mass is 19.1. The molecule has 0 aliphatic rings. The first-order chi connectivity index (χ1) is 13.8. The number of nitrogens with zero attached hydrogens (tertiary/aromatic N) is 2. The van der Waals surface area contributed by atoms with Crippen molar-refractivity contribution in [3.8, 4) is 5.69 Å². The Morgan fingerprint density at radius 3 is 2.34 bits per heavy atom. The molecular formula is C21H22FN5O2. The van der Waals surface area contributed by atoms with Crippen molar-refractivity contribution in [3.05, 3.63) is 77.4 Å². The van der Waals surface area contributed by atoms with Crippen molar-refractivity contribution < 1.29 is 14.0 Å². The molecule has 7 nitrogen and oxygen atoms in total. The quantitative estimate of drug-likeness (QED) is 0.595. The minimum atomic E-state index is -0.634. The second kappa shape index (κ2) is 8.55. The summed E-state index contributed by atoms with van der Waals surface area (Å²) in [7, 11) is 0. The number of halogens is 1. The Balaban J connectivity index is 1.75. The molecule has 4 N–H and O–H groups in total. The summed E-state index contributed by atoms with van der Waals surface area (Å²) in [6.07, 6.45) is 1.52. The van der Waals surface area contributed by atoms with E-state index in [-0.39, 0.29) is 17.6 Å². The molecule has 0 atom stereocenters. The molecular weight excluding hydrogens is 373 g/mol. The van der Waals surface area contributed by atoms with Gasteiger partial charge in [-0.1, -0.05) is 26.0 Å². The number of hydrogen-bond acceptors (Lipinski definition) is 3. The zero-order chi connectivity index (χ0) is 21.0. The zero-order valence-corrected chi connectivity index (χ0v) is 16.1. The summed E-state index contributed by atoms with van der Waals surface area (Å²) in [6.45, 7) is 4.26. The Labute approximate surface area is 167 Å². The van der Waals surface area contributed by atoms with Crippen LogP contribution in [-0.2, 0) is 6.54 Å². The molecule has 0 aliphatic carbocycles. The van der Waals surface area contributed by atoms with Crippen LogP contribution in [0, 0.1) is 5.82 Å². The monoisotopic (exact) mass is 395 g/mol. The van der Waals surface area contributed by atoms with Gasteiger partial charge >= 0.3 is 6.03 Å². The first-order valence-electron chi connectivity index (χ1n) is 9.12. The van der Waals surface area contributed by atoms with E-state index in [1.54, 1.807) is 41.1 Å². The number of anilines is 1. The molecule has 3 aromatic rings. The SMILES string of the molecule is CC(C)c1c(C(=O)NCc2ccc(NC(N)=O)cc2)cnn1-c1ccc(F)cc1. The van der Waals surface area contributed by atoms with Crippen LogP contribution in [0.4, 0.5) is 14.9 Å². The van der Waals surface area contributed by atoms with Gasteiger partial charge in [0.1, 0.15) is 5.82 Å². The third-order valence-electron chi connectivity index (χ3n) is 4.34. The number of amides is 3. The minimum absolute atomic E-state index is 0.0301. The van der Waals surface area contributed by atoms with Crippen molar-refractivity contribution >= 4 is 17.6 Å². The van der Waals surface area contributed by atoms with Gasteiger partial charge in [0.15, 0.2) is 0 Å². The molecule has 0 saturated carbocycles. The van der Waals surface area contributed by atoms with Crippen molar-refractivity contribution in [2.45, 2.75) is 26.3 Å². The number of hydrogen-bond donors (Lipinski definition) is 3. The maximum absolute atomic E-state index is 13.2. The van der Waals surface area contributed by atoms with Gasteiger partial charge < -0.3 is 16.4 Å². The maximum Gasteiger partial charge on any atom is 0.316 e. The van der Waals surface area contributed by atoms with E-state index >= 15 is 0 Å². The van der Waals surface area contributed by atoms with Crippen LogP contribution in [0.25, 0.3) is 5.69 Å². The fraction of sp³-hybridized carbons (Fsp3) is 0.190. The van der Waals surface area contributed by atoms with Gasteiger partial charge in [-0.25, -0.2) is 13.9 Å². The molecule has 0 fully saturated rings. The van der Waals surface area contributed by atoms with Crippen LogP contribution < -0.4 is 16.4 Å². The normalized spacial score (nSPS) is 10.8. The van der Waals surface area contributed by atoms with Gasteiger partial charge in [0.05, 0.1) is 23.1 Å². The van der Waals surface area contributed by atoms with E-state index in [1.165, 1.54) is 18.3 Å². The van der Waals surface area contributed by atoms with Gasteiger partial charge in [-0.2, -0.15) is 5.10 Å². The fourth-order valence-corrected chi connectivity index (χ4v) is 3.00. The van der Waals surface area contributed by atoms with E-state index in [4.69, 9.17) is 5.73 Å². The molecule has 0 radical (unpaired) electrons. The number of primary amides is 1. The summed E-state index contributed by atoms with van der Waals surface area (Å²) < 4.78 is 14.9. The molecule has 0 unspecified atom stereocenters. The number of carbonyl (C=O) groups excluding carboxylic acids is 2. The Morgan fingerprint density at radius 1 is 1.10 bits per heavy atom. The standard InChI is InChI=1S/C21H22FN5O2/c1-13(2)19-18(12-25-27(19)17-9-5-15(22)6-10-17)20(28)24-11-14-3-7-16(8-4-14)26-21(23)29/h3-10,12-13H,11H2,1-2H3,(H,24,28)(H3,23,26,29). The van der Waals surface area contributed by atoms with Gasteiger partial charge in [-0.05, 0) is 47.9 Å². The van der Waals surface area contributed by atoms with Crippen LogP contribution in [-0.4, -0.2) is 21.7 Å². The molecule has 0 saturated heterocycles. The number of nitrogens with two attached hydrogens (primary N) is 1. The van der Waals surface area contributed by atoms with E-state index in [0.29, 0.717) is 23.5 Å². The number of benzene rings is 2. The van der Waals surface area contributed by atoms with E-state index in [9.17, 15) is 14.0 Å². The Hall–Kier alpha value is -3.68. The Morgan fingerprint density at radius 2 is 1.76 bits per heavy atom. The number of aromatic nitrogens is 2. The second-order valence-electron chi connectivity index (χ2n) is 6.86. The number of nitrogens with one attached hydrogen (secondary N) is 2. The minimum Gasteiger partial charge on any atom is -0.351 e. The van der Waals surface area contributed by atoms with Crippen LogP contribution in [0.3, 0.4) is 0 Å². The molecule has 3 rings (SSSR count). The number of carbonyl (C=O) groups is 2. The third-order valence-corrected chi connectivity index (χ3v) is 4.34. The van der Waals surface area contributed by atoms with Gasteiger partial charge in [0.25, 0.3) is 5.91 Å². The molecule has 0 bridgehead atoms. The molecule has 29 heavy (non-hydrogen) atoms. The summed E-state index contributed by atoms with van der Waals surface area (Å²) in [4.78, 5) is 23.6. The molecule has 3 amide bonds. The maximum atomic E-state index is 13.2. The van der Waals surface area contributed by atoms with Crippen molar-refractivity contribution in [3.63, 3.8) is 0 Å². The summed E-state index contributed by atoms with van der Waals surface area (Å²) in [5.41, 5.74) is 8.43. The van der Waals surface area contributed by atoms with E-state index < -0.39 is 6.03 Å². The topological polar surface area (TPSA) is 102 Å². The molecule has 1 heterocycles. The molecule has 0 spiro atoms. The Kier molecular flexibility index (Phi) is 5.92. The zero-order valence-electron chi connectivity index (χ0n) is 16.1. The predicted octanol–water partition coefficient (Wildman–Crippen LogP) is 3.56. The average molecular weight is 395 g/mol. The molecule has 2 aromatic carbocycles. The average Bonchev–Trinajstić information content (AvgIpc) is 3.13. The third kappa shape index (κ3) is 4.78. The van der Waals surface area contributed by atoms with Crippen LogP contribution >= 0.6 is 0 Å². The van der Waals surface area contributed by atoms with Crippen molar-refractivity contribution in [2.75, 3.05) is 5.32 Å². The van der Waals surface area contributed by atoms with Crippen LogP contribution in [0.1, 0.15) is 41.4 Å². The lowest BCUT2D eigenvalue weighted by Crippen LogP contribution is -2.24. The number of rotatable bonds is 6. The molecule has 0 aliphatic heterocycles. The smallest absolute Gasteiger partial charge is 0.316 e. The van der Waals surface area contributed by atoms with Crippen LogP contribution in [0.2, 0.25) is 0 Å². The Bertz CT molecular complexity index is 1010. The predicted molar refractivity (Wildman–Crippen MR) is 108 cm³/mol. The highest BCUT2D eigenvalue weighted by Gasteiger charge is 2.20. The van der Waals surface area contributed by atoms with Crippen molar-refractivity contribution in [1.29, 1.82) is 0 Å². The summed E-state index contributed by atoms with van der Waals surface area (Å²) >= 11 is 0. The van der Waals surface area contributed by atoms with Gasteiger partial charge in [0, 0.05) is 12.2 Å². The lowest BCUT2D eigenvalue weighted by Gasteiger charge is -2.13. The first kappa shape index (κ1) is 20.1. The van der Waals surface area contributed by atoms with E-state index in [0.717, 1.165) is 11.3 Å². The summed E-state index contributed by atoms with van der Waals surface area (Å²) in [5, 5.41) is 9.70. The van der Waals surface area contributed by atoms with Gasteiger partial charge in [-0.3, -0.25) is 4.79 Å². The summed E-state index contributed by atoms with van der Waals surface area (Å²) in [6, 6.07) is 12.3. The van der Waals surface area contributed by atoms with Crippen LogP contribution in [0.5, 0.6) is 0 Å². The van der Waals surface area contributed by atoms with E-state index in [1.807, 2.05) is 13.8 Å². The highest BCUT2D eigenvalue weighted by molar-refractivity contribution is 5.95. The molecule has 1 aromatic heterocycles. The largest absolute Gasteiger partial charge is 0.351 e. The highest BCUT2D eigenvalue weighted by Crippen LogP contribution is 2.23. The van der Waals surface area contributed by atoms with Crippen LogP contribution in [0.15, 0.2) is 54.7 Å². The molecule has 150 valence electrons. The lowest BCUT2D eigenvalue weighted by atomic mass is 10.0. The van der Waals surface area contributed by atoms with Crippen molar-refractivity contribution in [1.82, 2.24) is 15.1 Å². The lowest BCUT2D eigenvalue weighted by molar-refractivity contribution is 0.0949. The van der Waals surface area contributed by atoms with Gasteiger partial charge in [-0.15, -0.1) is 0 Å². The fourth-order valence-electron chi connectivity index (χ4n) is 3.00.